The van der Waals surface area contributed by atoms with Crippen molar-refractivity contribution in [3.63, 3.8) is 0 Å². The van der Waals surface area contributed by atoms with Crippen LogP contribution in [0, 0.1) is 0 Å². The predicted molar refractivity (Wildman–Crippen MR) is 117 cm³/mol. The van der Waals surface area contributed by atoms with Gasteiger partial charge in [-0.05, 0) is 59.7 Å². The Bertz CT molecular complexity index is 1000. The zero-order chi connectivity index (χ0) is 21.2. The van der Waals surface area contributed by atoms with Gasteiger partial charge in [-0.1, -0.05) is 41.9 Å². The summed E-state index contributed by atoms with van der Waals surface area (Å²) < 4.78 is 5.73. The van der Waals surface area contributed by atoms with Crippen molar-refractivity contribution in [1.29, 1.82) is 0 Å². The topological polar surface area (TPSA) is 79.8 Å². The van der Waals surface area contributed by atoms with Gasteiger partial charge < -0.3 is 10.1 Å². The molecule has 0 aliphatic heterocycles. The van der Waals surface area contributed by atoms with Crippen LogP contribution in [0.5, 0.6) is 5.75 Å². The molecule has 0 fully saturated rings. The maximum Gasteiger partial charge on any atom is 0.259 e. The largest absolute Gasteiger partial charge is 0.489 e. The van der Waals surface area contributed by atoms with Crippen LogP contribution in [0.2, 0.25) is 5.02 Å². The fourth-order valence-corrected chi connectivity index (χ4v) is 2.60. The van der Waals surface area contributed by atoms with E-state index in [0.29, 0.717) is 17.2 Å². The molecule has 30 heavy (non-hydrogen) atoms. The second-order valence-electron chi connectivity index (χ2n) is 6.33. The maximum atomic E-state index is 11.9. The first-order valence-corrected chi connectivity index (χ1v) is 9.60. The number of hydrogen-bond donors (Lipinski definition) is 2. The zero-order valence-corrected chi connectivity index (χ0v) is 16.8. The number of benzene rings is 3. The third-order valence-electron chi connectivity index (χ3n) is 4.05. The van der Waals surface area contributed by atoms with Gasteiger partial charge in [-0.15, -0.1) is 0 Å². The van der Waals surface area contributed by atoms with Gasteiger partial charge in [-0.25, -0.2) is 5.43 Å². The number of nitrogens with one attached hydrogen (secondary N) is 2. The third kappa shape index (κ3) is 6.76. The first-order valence-electron chi connectivity index (χ1n) is 9.22. The summed E-state index contributed by atoms with van der Waals surface area (Å²) in [6.45, 7) is 0.303. The molecule has 3 aromatic carbocycles. The lowest BCUT2D eigenvalue weighted by molar-refractivity contribution is -0.120. The minimum Gasteiger partial charge on any atom is -0.489 e. The predicted octanol–water partition coefficient (Wildman–Crippen LogP) is 3.80. The summed E-state index contributed by atoms with van der Waals surface area (Å²) in [6, 6.07) is 23.6. The third-order valence-corrected chi connectivity index (χ3v) is 4.30. The van der Waals surface area contributed by atoms with Crippen LogP contribution in [0.15, 0.2) is 84.0 Å². The van der Waals surface area contributed by atoms with E-state index in [1.807, 2.05) is 54.6 Å². The van der Waals surface area contributed by atoms with E-state index in [2.05, 4.69) is 15.8 Å². The summed E-state index contributed by atoms with van der Waals surface area (Å²) in [5, 5.41) is 6.95. The number of ether oxygens (including phenoxy) is 1. The Morgan fingerprint density at radius 3 is 2.33 bits per heavy atom. The van der Waals surface area contributed by atoms with E-state index < -0.39 is 5.91 Å². The summed E-state index contributed by atoms with van der Waals surface area (Å²) in [5.41, 5.74) is 4.68. The summed E-state index contributed by atoms with van der Waals surface area (Å²) in [4.78, 5) is 23.8. The van der Waals surface area contributed by atoms with Gasteiger partial charge in [0.15, 0.2) is 0 Å². The summed E-state index contributed by atoms with van der Waals surface area (Å²) in [6.07, 6.45) is 1.51. The molecular weight excluding hydrogens is 402 g/mol. The van der Waals surface area contributed by atoms with Crippen molar-refractivity contribution >= 4 is 29.6 Å². The van der Waals surface area contributed by atoms with E-state index in [0.717, 1.165) is 16.9 Å². The standard InChI is InChI=1S/C23H20ClN3O3/c24-20-10-8-19(9-11-20)23(29)25-15-22(28)27-26-14-17-6-12-21(13-7-17)30-16-18-4-2-1-3-5-18/h1-14H,15-16H2,(H,25,29)(H,27,28). The highest BCUT2D eigenvalue weighted by Gasteiger charge is 2.07. The van der Waals surface area contributed by atoms with E-state index in [4.69, 9.17) is 16.3 Å². The molecule has 7 heteroatoms. The molecular formula is C23H20ClN3O3. The van der Waals surface area contributed by atoms with Crippen LogP contribution >= 0.6 is 11.6 Å². The lowest BCUT2D eigenvalue weighted by Gasteiger charge is -2.06. The molecule has 152 valence electrons. The van der Waals surface area contributed by atoms with Gasteiger partial charge in [0.25, 0.3) is 11.8 Å². The van der Waals surface area contributed by atoms with Crippen molar-refractivity contribution in [2.24, 2.45) is 5.10 Å². The molecule has 3 aromatic rings. The fraction of sp³-hybridized carbons (Fsp3) is 0.0870. The molecule has 6 nitrogen and oxygen atoms in total. The number of hydrogen-bond acceptors (Lipinski definition) is 4. The Labute approximate surface area is 179 Å². The number of carbonyl (C=O) groups excluding carboxylic acids is 2. The molecule has 0 saturated heterocycles. The Morgan fingerprint density at radius 2 is 1.63 bits per heavy atom. The number of nitrogens with zero attached hydrogens (tertiary/aromatic N) is 1. The number of rotatable bonds is 8. The highest BCUT2D eigenvalue weighted by atomic mass is 35.5. The monoisotopic (exact) mass is 421 g/mol. The Kier molecular flexibility index (Phi) is 7.58. The quantitative estimate of drug-likeness (QED) is 0.429. The van der Waals surface area contributed by atoms with Crippen LogP contribution in [0.4, 0.5) is 0 Å². The number of carbonyl (C=O) groups is 2. The van der Waals surface area contributed by atoms with E-state index in [-0.39, 0.29) is 12.5 Å². The van der Waals surface area contributed by atoms with Crippen LogP contribution in [0.25, 0.3) is 0 Å². The SMILES string of the molecule is O=C(CNC(=O)c1ccc(Cl)cc1)NN=Cc1ccc(OCc2ccccc2)cc1. The lowest BCUT2D eigenvalue weighted by Crippen LogP contribution is -2.34. The Morgan fingerprint density at radius 1 is 0.933 bits per heavy atom. The van der Waals surface area contributed by atoms with Gasteiger partial charge in [-0.3, -0.25) is 9.59 Å². The van der Waals surface area contributed by atoms with Gasteiger partial charge in [-0.2, -0.15) is 5.10 Å². The van der Waals surface area contributed by atoms with Gasteiger partial charge in [0.1, 0.15) is 12.4 Å². The van der Waals surface area contributed by atoms with Crippen molar-refractivity contribution in [1.82, 2.24) is 10.7 Å². The number of amides is 2. The van der Waals surface area contributed by atoms with Crippen LogP contribution in [0.3, 0.4) is 0 Å². The summed E-state index contributed by atoms with van der Waals surface area (Å²) >= 11 is 5.78. The van der Waals surface area contributed by atoms with Crippen LogP contribution in [-0.4, -0.2) is 24.6 Å². The molecule has 0 spiro atoms. The fourth-order valence-electron chi connectivity index (χ4n) is 2.47. The normalized spacial score (nSPS) is 10.6. The molecule has 0 radical (unpaired) electrons. The molecule has 0 saturated carbocycles. The average Bonchev–Trinajstić information content (AvgIpc) is 2.78. The van der Waals surface area contributed by atoms with E-state index in [1.54, 1.807) is 24.3 Å². The zero-order valence-electron chi connectivity index (χ0n) is 16.0. The molecule has 0 aromatic heterocycles. The van der Waals surface area contributed by atoms with Crippen LogP contribution in [0.1, 0.15) is 21.5 Å². The van der Waals surface area contributed by atoms with Gasteiger partial charge in [0, 0.05) is 10.6 Å². The molecule has 0 unspecified atom stereocenters. The van der Waals surface area contributed by atoms with Crippen molar-refractivity contribution in [3.05, 3.63) is 101 Å². The number of hydrazone groups is 1. The van der Waals surface area contributed by atoms with Crippen molar-refractivity contribution in [3.8, 4) is 5.75 Å². The smallest absolute Gasteiger partial charge is 0.259 e. The summed E-state index contributed by atoms with van der Waals surface area (Å²) in [5.74, 6) is -0.0572. The minimum atomic E-state index is -0.434. The maximum absolute atomic E-state index is 11.9. The summed E-state index contributed by atoms with van der Waals surface area (Å²) in [7, 11) is 0. The van der Waals surface area contributed by atoms with Gasteiger partial charge in [0.2, 0.25) is 0 Å². The second kappa shape index (κ2) is 10.8. The van der Waals surface area contributed by atoms with Crippen LogP contribution < -0.4 is 15.5 Å². The molecule has 0 bridgehead atoms. The molecule has 0 aliphatic rings. The van der Waals surface area contributed by atoms with Gasteiger partial charge in [0.05, 0.1) is 12.8 Å². The number of halogens is 1. The molecule has 2 amide bonds. The van der Waals surface area contributed by atoms with Crippen molar-refractivity contribution in [2.45, 2.75) is 6.61 Å². The highest BCUT2D eigenvalue weighted by molar-refractivity contribution is 6.30. The highest BCUT2D eigenvalue weighted by Crippen LogP contribution is 2.13. The second-order valence-corrected chi connectivity index (χ2v) is 6.76. The molecule has 0 heterocycles. The molecule has 2 N–H and O–H groups in total. The van der Waals surface area contributed by atoms with Crippen LogP contribution in [-0.2, 0) is 11.4 Å². The van der Waals surface area contributed by atoms with Gasteiger partial charge >= 0.3 is 0 Å². The molecule has 3 rings (SSSR count). The van der Waals surface area contributed by atoms with Crippen molar-refractivity contribution < 1.29 is 14.3 Å². The minimum absolute atomic E-state index is 0.189. The first-order chi connectivity index (χ1) is 14.6. The first kappa shape index (κ1) is 21.1. The molecule has 0 atom stereocenters. The van der Waals surface area contributed by atoms with E-state index >= 15 is 0 Å². The lowest BCUT2D eigenvalue weighted by atomic mass is 10.2. The Balaban J connectivity index is 1.40. The molecule has 0 aliphatic carbocycles. The van der Waals surface area contributed by atoms with E-state index in [9.17, 15) is 9.59 Å². The average molecular weight is 422 g/mol. The van der Waals surface area contributed by atoms with Crippen molar-refractivity contribution in [2.75, 3.05) is 6.54 Å². The Hall–Kier alpha value is -3.64. The van der Waals surface area contributed by atoms with E-state index in [1.165, 1.54) is 6.21 Å².